The predicted octanol–water partition coefficient (Wildman–Crippen LogP) is -2.02. The third-order valence-electron chi connectivity index (χ3n) is 4.90. The van der Waals surface area contributed by atoms with E-state index in [1.807, 2.05) is 4.98 Å². The number of aromatic amines is 1. The summed E-state index contributed by atoms with van der Waals surface area (Å²) in [4.78, 5) is 67.4. The monoisotopic (exact) mass is 498 g/mol. The number of amides is 2. The van der Waals surface area contributed by atoms with Crippen molar-refractivity contribution in [3.8, 4) is 0 Å². The summed E-state index contributed by atoms with van der Waals surface area (Å²) in [5.74, 6) is -1.28. The number of nitrogens with zero attached hydrogens (tertiary/aromatic N) is 1. The maximum absolute atomic E-state index is 12.4. The van der Waals surface area contributed by atoms with Crippen LogP contribution in [0.2, 0.25) is 0 Å². The van der Waals surface area contributed by atoms with Crippen molar-refractivity contribution in [3.05, 3.63) is 62.9 Å². The first-order valence-corrected chi connectivity index (χ1v) is 11.8. The van der Waals surface area contributed by atoms with E-state index in [9.17, 15) is 34.0 Å². The van der Waals surface area contributed by atoms with Gasteiger partial charge in [0.05, 0.1) is 6.16 Å². The fourth-order valence-electron chi connectivity index (χ4n) is 3.29. The number of aliphatic hydroxyl groups is 2. The number of H-pyrrole nitrogens is 1. The number of nitrogens with one attached hydrogen (secondary N) is 3. The number of anilines is 1. The summed E-state index contributed by atoms with van der Waals surface area (Å²) in [5.41, 5.74) is -0.772. The van der Waals surface area contributed by atoms with Crippen LogP contribution in [0.15, 0.2) is 46.1 Å². The van der Waals surface area contributed by atoms with Gasteiger partial charge in [0.2, 0.25) is 5.91 Å². The van der Waals surface area contributed by atoms with Crippen molar-refractivity contribution in [2.24, 2.45) is 0 Å². The van der Waals surface area contributed by atoms with Gasteiger partial charge in [0, 0.05) is 30.9 Å². The van der Waals surface area contributed by atoms with Crippen molar-refractivity contribution in [2.45, 2.75) is 37.1 Å². The number of carbonyl (C=O) groups is 2. The van der Waals surface area contributed by atoms with E-state index in [1.165, 1.54) is 24.3 Å². The van der Waals surface area contributed by atoms with Crippen LogP contribution in [0.25, 0.3) is 0 Å². The second-order valence-corrected chi connectivity index (χ2v) is 9.20. The average Bonchev–Trinajstić information content (AvgIpc) is 3.03. The molecule has 0 bridgehead atoms. The van der Waals surface area contributed by atoms with Crippen LogP contribution in [-0.2, 0) is 25.1 Å². The van der Waals surface area contributed by atoms with E-state index in [1.54, 1.807) is 0 Å². The average molecular weight is 498 g/mol. The molecule has 15 heteroatoms. The highest BCUT2D eigenvalue weighted by atomic mass is 31.2. The van der Waals surface area contributed by atoms with Crippen LogP contribution >= 0.6 is 7.60 Å². The molecule has 0 spiro atoms. The Labute approximate surface area is 191 Å². The molecule has 2 heterocycles. The lowest BCUT2D eigenvalue weighted by molar-refractivity contribution is -0.137. The van der Waals surface area contributed by atoms with Gasteiger partial charge >= 0.3 is 13.3 Å². The Morgan fingerprint density at radius 1 is 1.09 bits per heavy atom. The van der Waals surface area contributed by atoms with E-state index in [0.717, 1.165) is 16.8 Å². The molecule has 7 N–H and O–H groups in total. The van der Waals surface area contributed by atoms with Gasteiger partial charge in [-0.2, -0.15) is 0 Å². The molecule has 3 rings (SSSR count). The summed E-state index contributed by atoms with van der Waals surface area (Å²) in [5, 5.41) is 25.3. The van der Waals surface area contributed by atoms with Crippen molar-refractivity contribution in [2.75, 3.05) is 11.9 Å². The van der Waals surface area contributed by atoms with Crippen molar-refractivity contribution < 1.29 is 38.9 Å². The highest BCUT2D eigenvalue weighted by Gasteiger charge is 2.47. The summed E-state index contributed by atoms with van der Waals surface area (Å²) >= 11 is 0. The molecule has 14 nitrogen and oxygen atoms in total. The second kappa shape index (κ2) is 10.4. The molecule has 0 unspecified atom stereocenters. The van der Waals surface area contributed by atoms with E-state index in [0.29, 0.717) is 11.3 Å². The van der Waals surface area contributed by atoms with E-state index < -0.39 is 61.4 Å². The van der Waals surface area contributed by atoms with Crippen LogP contribution in [0.3, 0.4) is 0 Å². The first-order valence-electron chi connectivity index (χ1n) is 9.99. The van der Waals surface area contributed by atoms with E-state index in [-0.39, 0.29) is 13.0 Å². The largest absolute Gasteiger partial charge is 0.387 e. The molecule has 1 aromatic carbocycles. The molecule has 0 aliphatic carbocycles. The number of aliphatic hydroxyl groups excluding tert-OH is 2. The summed E-state index contributed by atoms with van der Waals surface area (Å²) in [6.45, 7) is -0.132. The van der Waals surface area contributed by atoms with Crippen molar-refractivity contribution in [3.63, 3.8) is 0 Å². The van der Waals surface area contributed by atoms with Crippen LogP contribution in [0.4, 0.5) is 5.69 Å². The molecule has 4 atom stereocenters. The topological polar surface area (TPSA) is 220 Å². The van der Waals surface area contributed by atoms with Crippen LogP contribution in [0, 0.1) is 0 Å². The van der Waals surface area contributed by atoms with Crippen molar-refractivity contribution in [1.29, 1.82) is 0 Å². The fraction of sp³-hybridized carbons (Fsp3) is 0.368. The number of ether oxygens (including phenoxy) is 1. The minimum absolute atomic E-state index is 0.132. The summed E-state index contributed by atoms with van der Waals surface area (Å²) in [7, 11) is -4.20. The molecule has 184 valence electrons. The van der Waals surface area contributed by atoms with E-state index >= 15 is 0 Å². The number of carbonyl (C=O) groups excluding carboxylic acids is 2. The normalized spacial score (nSPS) is 22.4. The number of benzene rings is 1. The summed E-state index contributed by atoms with van der Waals surface area (Å²) in [6.07, 6.45) is -5.74. The molecular formula is C19H23N4O10P. The Bertz CT molecular complexity index is 1200. The van der Waals surface area contributed by atoms with E-state index in [2.05, 4.69) is 10.6 Å². The Balaban J connectivity index is 1.49. The Morgan fingerprint density at radius 2 is 1.76 bits per heavy atom. The minimum Gasteiger partial charge on any atom is -0.387 e. The van der Waals surface area contributed by atoms with Crippen LogP contribution in [0.5, 0.6) is 0 Å². The Morgan fingerprint density at radius 3 is 2.38 bits per heavy atom. The number of rotatable bonds is 8. The highest BCUT2D eigenvalue weighted by Crippen LogP contribution is 2.39. The quantitative estimate of drug-likeness (QED) is 0.198. The number of hydrogen-bond donors (Lipinski definition) is 7. The molecule has 0 saturated carbocycles. The highest BCUT2D eigenvalue weighted by molar-refractivity contribution is 7.50. The molecule has 2 amide bonds. The van der Waals surface area contributed by atoms with E-state index in [4.69, 9.17) is 14.5 Å². The standard InChI is InChI=1S/C19H23N4O10P/c24-12(21-11-3-1-10(2-4-11)9-34(30,31)32)5-7-20-17(28)16-14(26)15(27)18(33-16)23-8-6-13(25)22-19(23)29/h1-4,6,8,14-16,18,26-27H,5,7,9H2,(H,20,28)(H,21,24)(H,22,25,29)(H2,30,31,32)/t14-,15+,16+,18-/m1/s1. The Hall–Kier alpha value is -3.13. The lowest BCUT2D eigenvalue weighted by Crippen LogP contribution is -2.43. The molecule has 0 radical (unpaired) electrons. The molecule has 1 aliphatic heterocycles. The first-order chi connectivity index (χ1) is 15.9. The molecule has 2 aromatic rings. The van der Waals surface area contributed by atoms with Gasteiger partial charge in [-0.05, 0) is 17.7 Å². The third kappa shape index (κ3) is 6.47. The smallest absolute Gasteiger partial charge is 0.330 e. The third-order valence-corrected chi connectivity index (χ3v) is 5.68. The van der Waals surface area contributed by atoms with Gasteiger partial charge in [0.15, 0.2) is 12.3 Å². The van der Waals surface area contributed by atoms with Crippen molar-refractivity contribution >= 4 is 25.1 Å². The van der Waals surface area contributed by atoms with Gasteiger partial charge in [-0.3, -0.25) is 28.5 Å². The van der Waals surface area contributed by atoms with Gasteiger partial charge < -0.3 is 35.4 Å². The maximum Gasteiger partial charge on any atom is 0.330 e. The summed E-state index contributed by atoms with van der Waals surface area (Å²) in [6, 6.07) is 6.89. The lowest BCUT2D eigenvalue weighted by Gasteiger charge is -2.16. The van der Waals surface area contributed by atoms with Gasteiger partial charge in [0.25, 0.3) is 11.5 Å². The molecule has 1 fully saturated rings. The SMILES string of the molecule is O=C(CCNC(=O)[C@H]1O[C@@H](n2ccc(=O)[nH]c2=O)[C@@H](O)[C@H]1O)Nc1ccc(CP(=O)(O)O)cc1. The first kappa shape index (κ1) is 25.5. The second-order valence-electron chi connectivity index (χ2n) is 7.55. The van der Waals surface area contributed by atoms with Gasteiger partial charge in [0.1, 0.15) is 12.2 Å². The lowest BCUT2D eigenvalue weighted by atomic mass is 10.1. The number of aromatic nitrogens is 2. The summed E-state index contributed by atoms with van der Waals surface area (Å²) < 4.78 is 17.2. The predicted molar refractivity (Wildman–Crippen MR) is 116 cm³/mol. The zero-order chi connectivity index (χ0) is 25.0. The molecule has 1 aromatic heterocycles. The van der Waals surface area contributed by atoms with Crippen molar-refractivity contribution in [1.82, 2.24) is 14.9 Å². The fourth-order valence-corrected chi connectivity index (χ4v) is 3.97. The van der Waals surface area contributed by atoms with Gasteiger partial charge in [-0.1, -0.05) is 12.1 Å². The zero-order valence-corrected chi connectivity index (χ0v) is 18.4. The zero-order valence-electron chi connectivity index (χ0n) is 17.5. The maximum atomic E-state index is 12.4. The minimum atomic E-state index is -4.20. The molecule has 1 saturated heterocycles. The van der Waals surface area contributed by atoms with Crippen LogP contribution < -0.4 is 21.9 Å². The number of hydrogen-bond acceptors (Lipinski definition) is 8. The molecule has 1 aliphatic rings. The van der Waals surface area contributed by atoms with Crippen LogP contribution in [0.1, 0.15) is 18.2 Å². The Kier molecular flexibility index (Phi) is 7.82. The van der Waals surface area contributed by atoms with Gasteiger partial charge in [-0.25, -0.2) is 4.79 Å². The van der Waals surface area contributed by atoms with Gasteiger partial charge in [-0.15, -0.1) is 0 Å². The van der Waals surface area contributed by atoms with Crippen LogP contribution in [-0.4, -0.2) is 66.2 Å². The molecule has 34 heavy (non-hydrogen) atoms. The molecular weight excluding hydrogens is 475 g/mol.